The molecular weight excluding hydrogens is 558 g/mol. The molecule has 2 fully saturated rings. The Kier molecular flexibility index (Phi) is 11.1. The molecule has 3 aliphatic carbocycles. The minimum atomic E-state index is -0.539. The van der Waals surface area contributed by atoms with Gasteiger partial charge in [0.15, 0.2) is 5.76 Å². The third kappa shape index (κ3) is 7.86. The maximum Gasteiger partial charge on any atom is 0.407 e. The lowest BCUT2D eigenvalue weighted by atomic mass is 9.45. The first kappa shape index (κ1) is 33.9. The van der Waals surface area contributed by atoms with Gasteiger partial charge in [-0.3, -0.25) is 14.4 Å². The molecule has 1 amide bonds. The van der Waals surface area contributed by atoms with Crippen LogP contribution in [0.1, 0.15) is 98.8 Å². The third-order valence-corrected chi connectivity index (χ3v) is 9.89. The van der Waals surface area contributed by atoms with E-state index in [2.05, 4.69) is 25.7 Å². The Morgan fingerprint density at radius 3 is 2.52 bits per heavy atom. The maximum absolute atomic E-state index is 13.3. The van der Waals surface area contributed by atoms with Crippen LogP contribution in [-0.2, 0) is 28.6 Å². The Morgan fingerprint density at radius 2 is 1.86 bits per heavy atom. The second kappa shape index (κ2) is 13.8. The monoisotopic (exact) mass is 605 g/mol. The average molecular weight is 606 g/mol. The number of amides is 1. The number of unbranched alkanes of at least 4 members (excludes halogenated alkanes) is 2. The van der Waals surface area contributed by atoms with Gasteiger partial charge in [-0.05, 0) is 94.8 Å². The molecule has 234 valence electrons. The van der Waals surface area contributed by atoms with E-state index in [9.17, 15) is 19.2 Å². The highest BCUT2D eigenvalue weighted by Crippen LogP contribution is 2.63. The number of rotatable bonds is 11. The fourth-order valence-corrected chi connectivity index (χ4v) is 7.29. The zero-order valence-corrected chi connectivity index (χ0v) is 26.9. The van der Waals surface area contributed by atoms with Crippen molar-refractivity contribution in [3.05, 3.63) is 34.6 Å². The molecule has 1 N–H and O–H groups in total. The number of Topliss-reactive ketones (excluding diaryl/α,β-unsaturated/α-hetero) is 1. The van der Waals surface area contributed by atoms with Gasteiger partial charge < -0.3 is 19.5 Å². The molecule has 0 aliphatic heterocycles. The summed E-state index contributed by atoms with van der Waals surface area (Å²) in [5, 5.41) is 2.67. The molecule has 3 rings (SSSR count). The van der Waals surface area contributed by atoms with E-state index in [1.54, 1.807) is 0 Å². The smallest absolute Gasteiger partial charge is 0.407 e. The first-order chi connectivity index (χ1) is 19.6. The fourth-order valence-electron chi connectivity index (χ4n) is 7.09. The molecule has 42 heavy (non-hydrogen) atoms. The lowest BCUT2D eigenvalue weighted by Gasteiger charge is -2.59. The number of carbonyl (C=O) groups is 4. The number of carbonyl (C=O) groups excluding carboxylic acids is 4. The van der Waals surface area contributed by atoms with Crippen molar-refractivity contribution in [3.8, 4) is 0 Å². The van der Waals surface area contributed by atoms with Gasteiger partial charge in [-0.1, -0.05) is 44.0 Å². The number of halogens is 1. The number of ether oxygens (including phenoxy) is 3. The van der Waals surface area contributed by atoms with Crippen LogP contribution in [-0.4, -0.2) is 49.5 Å². The lowest BCUT2D eigenvalue weighted by Crippen LogP contribution is -2.52. The molecule has 2 saturated carbocycles. The van der Waals surface area contributed by atoms with Crippen molar-refractivity contribution >= 4 is 35.2 Å². The molecule has 0 unspecified atom stereocenters. The zero-order valence-electron chi connectivity index (χ0n) is 26.2. The molecule has 0 bridgehead atoms. The number of allylic oxidation sites excluding steroid dienone is 4. The Balaban J connectivity index is 1.64. The quantitative estimate of drug-likeness (QED) is 0.117. The summed E-state index contributed by atoms with van der Waals surface area (Å²) in [6, 6.07) is 0. The average Bonchev–Trinajstić information content (AvgIpc) is 2.90. The lowest BCUT2D eigenvalue weighted by molar-refractivity contribution is -0.151. The molecule has 0 aromatic carbocycles. The van der Waals surface area contributed by atoms with E-state index in [0.29, 0.717) is 25.8 Å². The molecule has 0 radical (unpaired) electrons. The van der Waals surface area contributed by atoms with Crippen LogP contribution in [0.15, 0.2) is 34.6 Å². The van der Waals surface area contributed by atoms with Gasteiger partial charge in [0.05, 0.1) is 18.7 Å². The summed E-state index contributed by atoms with van der Waals surface area (Å²) in [6.07, 6.45) is 8.16. The van der Waals surface area contributed by atoms with Gasteiger partial charge in [0.2, 0.25) is 11.6 Å². The van der Waals surface area contributed by atoms with Crippen molar-refractivity contribution in [2.24, 2.45) is 22.7 Å². The highest BCUT2D eigenvalue weighted by molar-refractivity contribution is 6.48. The van der Waals surface area contributed by atoms with Crippen molar-refractivity contribution < 1.29 is 33.4 Å². The SMILES string of the molecule is C=C1CCC[C@H]2[C@](C)(CC3=C(Cl)C(=O)C=C(OC)C3=O)[C@H](COC(=O)CCCCCNC(=O)OC(C)(C)C)CC[C@]12C. The van der Waals surface area contributed by atoms with Crippen molar-refractivity contribution in [3.63, 3.8) is 0 Å². The van der Waals surface area contributed by atoms with Crippen LogP contribution in [0.3, 0.4) is 0 Å². The molecule has 4 atom stereocenters. The minimum absolute atomic E-state index is 0.00102. The largest absolute Gasteiger partial charge is 0.493 e. The van der Waals surface area contributed by atoms with E-state index in [-0.39, 0.29) is 52.0 Å². The van der Waals surface area contributed by atoms with Crippen LogP contribution in [0.5, 0.6) is 0 Å². The second-order valence-corrected chi connectivity index (χ2v) is 13.9. The van der Waals surface area contributed by atoms with Crippen molar-refractivity contribution in [1.29, 1.82) is 0 Å². The van der Waals surface area contributed by atoms with Gasteiger partial charge >= 0.3 is 12.1 Å². The molecule has 0 heterocycles. The first-order valence-corrected chi connectivity index (χ1v) is 15.5. The van der Waals surface area contributed by atoms with Crippen LogP contribution in [0.4, 0.5) is 4.79 Å². The summed E-state index contributed by atoms with van der Waals surface area (Å²) in [4.78, 5) is 50.4. The van der Waals surface area contributed by atoms with Crippen LogP contribution >= 0.6 is 11.6 Å². The van der Waals surface area contributed by atoms with E-state index in [0.717, 1.165) is 51.0 Å². The normalized spacial score (nSPS) is 28.2. The van der Waals surface area contributed by atoms with Crippen molar-refractivity contribution in [1.82, 2.24) is 5.32 Å². The highest BCUT2D eigenvalue weighted by Gasteiger charge is 2.56. The molecule has 0 aromatic rings. The molecular formula is C33H48ClNO7. The summed E-state index contributed by atoms with van der Waals surface area (Å²) >= 11 is 6.46. The number of methoxy groups -OCH3 is 1. The van der Waals surface area contributed by atoms with Crippen LogP contribution < -0.4 is 5.32 Å². The van der Waals surface area contributed by atoms with E-state index in [1.807, 2.05) is 20.8 Å². The number of esters is 1. The molecule has 0 saturated heterocycles. The van der Waals surface area contributed by atoms with E-state index >= 15 is 0 Å². The summed E-state index contributed by atoms with van der Waals surface area (Å²) in [6.45, 7) is 15.0. The summed E-state index contributed by atoms with van der Waals surface area (Å²) in [5.41, 5.74) is 0.411. The summed E-state index contributed by atoms with van der Waals surface area (Å²) in [7, 11) is 1.37. The molecule has 8 nitrogen and oxygen atoms in total. The standard InChI is InChI=1S/C33H48ClNO7/c1-21-12-11-13-26-32(21,5)16-15-22(33(26,6)19-23-28(34)24(36)18-25(40-7)29(23)38)20-41-27(37)14-9-8-10-17-35-30(39)42-31(2,3)4/h18,22,26H,1,8-17,19-20H2,2-7H3,(H,35,39)/t22-,26+,32+,33+/m0/s1. The van der Waals surface area contributed by atoms with E-state index < -0.39 is 22.9 Å². The molecule has 0 aromatic heterocycles. The van der Waals surface area contributed by atoms with Crippen LogP contribution in [0.25, 0.3) is 0 Å². The molecule has 0 spiro atoms. The van der Waals surface area contributed by atoms with Gasteiger partial charge in [0, 0.05) is 24.6 Å². The van der Waals surface area contributed by atoms with Gasteiger partial charge in [0.25, 0.3) is 0 Å². The Bertz CT molecular complexity index is 1150. The highest BCUT2D eigenvalue weighted by atomic mass is 35.5. The van der Waals surface area contributed by atoms with Gasteiger partial charge in [-0.15, -0.1) is 0 Å². The molecule has 9 heteroatoms. The fraction of sp³-hybridized carbons (Fsp3) is 0.697. The number of fused-ring (bicyclic) bond motifs is 1. The number of ketones is 2. The zero-order chi connectivity index (χ0) is 31.3. The Hall–Kier alpha value is -2.61. The third-order valence-electron chi connectivity index (χ3n) is 9.48. The van der Waals surface area contributed by atoms with Gasteiger partial charge in [-0.25, -0.2) is 4.79 Å². The van der Waals surface area contributed by atoms with Gasteiger partial charge in [-0.2, -0.15) is 0 Å². The van der Waals surface area contributed by atoms with E-state index in [1.165, 1.54) is 12.7 Å². The van der Waals surface area contributed by atoms with Crippen LogP contribution in [0, 0.1) is 22.7 Å². The maximum atomic E-state index is 13.3. The van der Waals surface area contributed by atoms with Gasteiger partial charge in [0.1, 0.15) is 5.60 Å². The number of hydrogen-bond acceptors (Lipinski definition) is 7. The summed E-state index contributed by atoms with van der Waals surface area (Å²) in [5.74, 6) is -0.869. The van der Waals surface area contributed by atoms with Crippen molar-refractivity contribution in [2.45, 2.75) is 104 Å². The first-order valence-electron chi connectivity index (χ1n) is 15.2. The topological polar surface area (TPSA) is 108 Å². The van der Waals surface area contributed by atoms with E-state index in [4.69, 9.17) is 25.8 Å². The molecule has 3 aliphatic rings. The Morgan fingerprint density at radius 1 is 1.14 bits per heavy atom. The van der Waals surface area contributed by atoms with Crippen molar-refractivity contribution in [2.75, 3.05) is 20.3 Å². The second-order valence-electron chi connectivity index (χ2n) is 13.5. The predicted molar refractivity (Wildman–Crippen MR) is 162 cm³/mol. The Labute approximate surface area is 255 Å². The summed E-state index contributed by atoms with van der Waals surface area (Å²) < 4.78 is 16.3. The predicted octanol–water partition coefficient (Wildman–Crippen LogP) is 6.96. The number of nitrogens with one attached hydrogen (secondary N) is 1. The number of alkyl carbamates (subject to hydrolysis) is 1. The number of hydrogen-bond donors (Lipinski definition) is 1. The minimum Gasteiger partial charge on any atom is -0.493 e. The van der Waals surface area contributed by atoms with Crippen LogP contribution in [0.2, 0.25) is 0 Å².